The van der Waals surface area contributed by atoms with Crippen LogP contribution >= 0.6 is 0 Å². The Hall–Kier alpha value is -0.0400. The van der Waals surface area contributed by atoms with Gasteiger partial charge in [-0.2, -0.15) is 0 Å². The molecule has 0 heterocycles. The minimum absolute atomic E-state index is 0.392. The molecule has 7 atom stereocenters. The molecule has 4 rings (SSSR count). The van der Waals surface area contributed by atoms with Crippen molar-refractivity contribution >= 4 is 0 Å². The van der Waals surface area contributed by atoms with E-state index < -0.39 is 0 Å². The molecule has 0 aromatic rings. The molecule has 4 fully saturated rings. The van der Waals surface area contributed by atoms with E-state index >= 15 is 0 Å². The molecule has 0 saturated heterocycles. The Bertz CT molecular complexity index is 432. The predicted molar refractivity (Wildman–Crippen MR) is 96.2 cm³/mol. The first-order valence-electron chi connectivity index (χ1n) is 10.7. The lowest BCUT2D eigenvalue weighted by Crippen LogP contribution is -2.52. The molecule has 132 valence electrons. The summed E-state index contributed by atoms with van der Waals surface area (Å²) in [7, 11) is 0. The standard InChI is InChI=1S/C22H38O/c1-21-13-4-3-6-16(21)8-10-18-19-11-9-17(7-5-15-23)22(19,2)14-12-20(18)21/h16-20,23H,3-15H2,1-2H3. The number of rotatable bonds is 3. The predicted octanol–water partition coefficient (Wildman–Crippen LogP) is 5.81. The second-order valence-corrected chi connectivity index (χ2v) is 10.1. The maximum atomic E-state index is 9.26. The summed E-state index contributed by atoms with van der Waals surface area (Å²) in [6.07, 6.45) is 17.4. The van der Waals surface area contributed by atoms with Crippen molar-refractivity contribution in [2.45, 2.75) is 90.9 Å². The first-order chi connectivity index (χ1) is 11.1. The quantitative estimate of drug-likeness (QED) is 0.696. The molecule has 0 radical (unpaired) electrons. The summed E-state index contributed by atoms with van der Waals surface area (Å²) >= 11 is 0. The van der Waals surface area contributed by atoms with Crippen LogP contribution in [0.1, 0.15) is 90.9 Å². The van der Waals surface area contributed by atoms with Crippen LogP contribution in [0.5, 0.6) is 0 Å². The molecule has 0 amide bonds. The highest BCUT2D eigenvalue weighted by atomic mass is 16.2. The molecular formula is C22H38O. The Balaban J connectivity index is 1.55. The lowest BCUT2D eigenvalue weighted by Gasteiger charge is -2.60. The molecule has 4 saturated carbocycles. The number of hydrogen-bond donors (Lipinski definition) is 1. The Labute approximate surface area is 143 Å². The number of aliphatic hydroxyl groups excluding tert-OH is 1. The van der Waals surface area contributed by atoms with Crippen molar-refractivity contribution in [2.75, 3.05) is 6.61 Å². The van der Waals surface area contributed by atoms with Gasteiger partial charge in [-0.25, -0.2) is 0 Å². The van der Waals surface area contributed by atoms with Crippen molar-refractivity contribution in [1.82, 2.24) is 0 Å². The van der Waals surface area contributed by atoms with Gasteiger partial charge in [0.15, 0.2) is 0 Å². The molecule has 0 spiro atoms. The van der Waals surface area contributed by atoms with Crippen molar-refractivity contribution < 1.29 is 5.11 Å². The molecule has 4 aliphatic rings. The summed E-state index contributed by atoms with van der Waals surface area (Å²) in [5.41, 5.74) is 1.29. The van der Waals surface area contributed by atoms with Gasteiger partial charge in [0.25, 0.3) is 0 Å². The van der Waals surface area contributed by atoms with Crippen molar-refractivity contribution in [3.63, 3.8) is 0 Å². The van der Waals surface area contributed by atoms with Gasteiger partial charge in [-0.15, -0.1) is 0 Å². The summed E-state index contributed by atoms with van der Waals surface area (Å²) in [4.78, 5) is 0. The van der Waals surface area contributed by atoms with E-state index in [0.717, 1.165) is 36.0 Å². The molecule has 4 aliphatic carbocycles. The van der Waals surface area contributed by atoms with Gasteiger partial charge >= 0.3 is 0 Å². The van der Waals surface area contributed by atoms with Crippen molar-refractivity contribution in [3.05, 3.63) is 0 Å². The van der Waals surface area contributed by atoms with Crippen molar-refractivity contribution in [2.24, 2.45) is 40.4 Å². The largest absolute Gasteiger partial charge is 0.396 e. The van der Waals surface area contributed by atoms with Gasteiger partial charge < -0.3 is 5.11 Å². The Morgan fingerprint density at radius 3 is 2.48 bits per heavy atom. The van der Waals surface area contributed by atoms with Crippen LogP contribution in [-0.2, 0) is 0 Å². The van der Waals surface area contributed by atoms with E-state index in [1.165, 1.54) is 70.6 Å². The molecule has 0 aromatic heterocycles. The lowest BCUT2D eigenvalue weighted by atomic mass is 9.45. The molecule has 0 aliphatic heterocycles. The van der Waals surface area contributed by atoms with Crippen LogP contribution in [0.3, 0.4) is 0 Å². The van der Waals surface area contributed by atoms with Gasteiger partial charge in [0.1, 0.15) is 0 Å². The molecule has 1 heteroatoms. The normalized spacial score (nSPS) is 52.6. The second kappa shape index (κ2) is 6.04. The second-order valence-electron chi connectivity index (χ2n) is 10.1. The Morgan fingerprint density at radius 2 is 1.65 bits per heavy atom. The number of fused-ring (bicyclic) bond motifs is 5. The monoisotopic (exact) mass is 318 g/mol. The highest BCUT2D eigenvalue weighted by Crippen LogP contribution is 2.67. The fourth-order valence-electron chi connectivity index (χ4n) is 8.22. The van der Waals surface area contributed by atoms with E-state index in [2.05, 4.69) is 13.8 Å². The van der Waals surface area contributed by atoms with Gasteiger partial charge in [0, 0.05) is 6.61 Å². The van der Waals surface area contributed by atoms with E-state index in [1.54, 1.807) is 0 Å². The first-order valence-corrected chi connectivity index (χ1v) is 10.7. The van der Waals surface area contributed by atoms with Gasteiger partial charge in [0.05, 0.1) is 0 Å². The highest BCUT2D eigenvalue weighted by Gasteiger charge is 2.59. The van der Waals surface area contributed by atoms with E-state index in [4.69, 9.17) is 0 Å². The van der Waals surface area contributed by atoms with Crippen LogP contribution in [-0.4, -0.2) is 11.7 Å². The summed E-state index contributed by atoms with van der Waals surface area (Å²) in [6.45, 7) is 5.72. The Kier molecular flexibility index (Phi) is 4.32. The lowest BCUT2D eigenvalue weighted by molar-refractivity contribution is -0.111. The zero-order valence-corrected chi connectivity index (χ0v) is 15.5. The van der Waals surface area contributed by atoms with Crippen molar-refractivity contribution in [1.29, 1.82) is 0 Å². The van der Waals surface area contributed by atoms with E-state index in [-0.39, 0.29) is 0 Å². The van der Waals surface area contributed by atoms with E-state index in [1.807, 2.05) is 0 Å². The molecule has 1 nitrogen and oxygen atoms in total. The fourth-order valence-corrected chi connectivity index (χ4v) is 8.22. The Morgan fingerprint density at radius 1 is 0.826 bits per heavy atom. The minimum atomic E-state index is 0.392. The van der Waals surface area contributed by atoms with E-state index in [9.17, 15) is 5.11 Å². The maximum absolute atomic E-state index is 9.26. The molecule has 0 aromatic carbocycles. The summed E-state index contributed by atoms with van der Waals surface area (Å²) in [5, 5.41) is 9.26. The van der Waals surface area contributed by atoms with E-state index in [0.29, 0.717) is 17.4 Å². The maximum Gasteiger partial charge on any atom is 0.0431 e. The topological polar surface area (TPSA) is 20.2 Å². The van der Waals surface area contributed by atoms with Gasteiger partial charge in [-0.05, 0) is 105 Å². The van der Waals surface area contributed by atoms with Crippen molar-refractivity contribution in [3.8, 4) is 0 Å². The first kappa shape index (κ1) is 16.4. The minimum Gasteiger partial charge on any atom is -0.396 e. The van der Waals surface area contributed by atoms with Crippen LogP contribution in [0.4, 0.5) is 0 Å². The average molecular weight is 319 g/mol. The molecule has 1 N–H and O–H groups in total. The molecule has 7 unspecified atom stereocenters. The number of aliphatic hydroxyl groups is 1. The van der Waals surface area contributed by atoms with Gasteiger partial charge in [0.2, 0.25) is 0 Å². The zero-order chi connectivity index (χ0) is 16.1. The highest BCUT2D eigenvalue weighted by molar-refractivity contribution is 5.08. The average Bonchev–Trinajstić information content (AvgIpc) is 2.89. The van der Waals surface area contributed by atoms with Crippen LogP contribution in [0, 0.1) is 40.4 Å². The SMILES string of the molecule is CC12CCCCC1CCC1C2CCC2(C)C(CCCO)CCC12. The third-order valence-electron chi connectivity index (χ3n) is 9.49. The summed E-state index contributed by atoms with van der Waals surface area (Å²) in [6, 6.07) is 0. The molecule has 23 heavy (non-hydrogen) atoms. The van der Waals surface area contributed by atoms with Crippen LogP contribution in [0.25, 0.3) is 0 Å². The third-order valence-corrected chi connectivity index (χ3v) is 9.49. The molecular weight excluding hydrogens is 280 g/mol. The fraction of sp³-hybridized carbons (Fsp3) is 1.00. The van der Waals surface area contributed by atoms with Crippen LogP contribution < -0.4 is 0 Å². The summed E-state index contributed by atoms with van der Waals surface area (Å²) < 4.78 is 0. The third kappa shape index (κ3) is 2.43. The van der Waals surface area contributed by atoms with Crippen LogP contribution in [0.15, 0.2) is 0 Å². The zero-order valence-electron chi connectivity index (χ0n) is 15.5. The smallest absolute Gasteiger partial charge is 0.0431 e. The number of hydrogen-bond acceptors (Lipinski definition) is 1. The molecule has 0 bridgehead atoms. The van der Waals surface area contributed by atoms with Gasteiger partial charge in [-0.3, -0.25) is 0 Å². The van der Waals surface area contributed by atoms with Crippen LogP contribution in [0.2, 0.25) is 0 Å². The van der Waals surface area contributed by atoms with Gasteiger partial charge in [-0.1, -0.05) is 26.7 Å². The summed E-state index contributed by atoms with van der Waals surface area (Å²) in [5.74, 6) is 5.03.